The van der Waals surface area contributed by atoms with E-state index in [-0.39, 0.29) is 0 Å². The molecule has 0 bridgehead atoms. The lowest BCUT2D eigenvalue weighted by Crippen LogP contribution is -2.27. The Bertz CT molecular complexity index is 357. The molecule has 1 amide bonds. The van der Waals surface area contributed by atoms with Gasteiger partial charge in [-0.25, -0.2) is 9.78 Å². The number of carbonyl (C=O) groups is 1. The summed E-state index contributed by atoms with van der Waals surface area (Å²) in [7, 11) is 0. The summed E-state index contributed by atoms with van der Waals surface area (Å²) in [5, 5.41) is 12.0. The van der Waals surface area contributed by atoms with Crippen LogP contribution >= 0.6 is 0 Å². The Hall–Kier alpha value is -1.85. The third kappa shape index (κ3) is 2.59. The molecule has 0 aliphatic carbocycles. The smallest absolute Gasteiger partial charge is 0.407 e. The normalized spacial score (nSPS) is 19.8. The third-order valence-electron chi connectivity index (χ3n) is 2.69. The zero-order chi connectivity index (χ0) is 11.4. The molecule has 1 aliphatic heterocycles. The number of amides is 1. The minimum atomic E-state index is -0.831. The highest BCUT2D eigenvalue weighted by Gasteiger charge is 2.25. The standard InChI is InChI=1S/C10H14N4O2/c15-10(16)14-4-1-8(7-14)5-13-9-6-11-2-3-12-9/h2-3,6,8H,1,4-5,7H2,(H,12,13)(H,15,16)/t8-/m0/s1. The molecule has 2 heterocycles. The zero-order valence-corrected chi connectivity index (χ0v) is 8.83. The highest BCUT2D eigenvalue weighted by molar-refractivity contribution is 5.65. The topological polar surface area (TPSA) is 78.4 Å². The van der Waals surface area contributed by atoms with E-state index in [1.165, 1.54) is 4.90 Å². The summed E-state index contributed by atoms with van der Waals surface area (Å²) in [6, 6.07) is 0. The van der Waals surface area contributed by atoms with Gasteiger partial charge in [0.25, 0.3) is 0 Å². The van der Waals surface area contributed by atoms with E-state index in [0.717, 1.165) is 18.8 Å². The summed E-state index contributed by atoms with van der Waals surface area (Å²) in [6.45, 7) is 1.97. The van der Waals surface area contributed by atoms with Crippen LogP contribution in [0.15, 0.2) is 18.6 Å². The summed E-state index contributed by atoms with van der Waals surface area (Å²) in [4.78, 5) is 20.2. The van der Waals surface area contributed by atoms with Gasteiger partial charge in [0.15, 0.2) is 0 Å². The first-order valence-electron chi connectivity index (χ1n) is 5.23. The lowest BCUT2D eigenvalue weighted by atomic mass is 10.1. The van der Waals surface area contributed by atoms with Crippen molar-refractivity contribution < 1.29 is 9.90 Å². The second kappa shape index (κ2) is 4.78. The molecule has 2 N–H and O–H groups in total. The quantitative estimate of drug-likeness (QED) is 0.794. The maximum Gasteiger partial charge on any atom is 0.407 e. The van der Waals surface area contributed by atoms with Gasteiger partial charge in [-0.15, -0.1) is 0 Å². The Morgan fingerprint density at radius 3 is 3.12 bits per heavy atom. The Morgan fingerprint density at radius 2 is 2.50 bits per heavy atom. The van der Waals surface area contributed by atoms with Gasteiger partial charge in [0, 0.05) is 32.0 Å². The molecule has 1 aromatic rings. The first-order chi connectivity index (χ1) is 7.75. The maximum absolute atomic E-state index is 10.7. The first kappa shape index (κ1) is 10.7. The highest BCUT2D eigenvalue weighted by atomic mass is 16.4. The molecule has 6 nitrogen and oxygen atoms in total. The molecule has 0 unspecified atom stereocenters. The molecule has 2 rings (SSSR count). The number of hydrogen-bond donors (Lipinski definition) is 2. The van der Waals surface area contributed by atoms with Crippen molar-refractivity contribution in [3.05, 3.63) is 18.6 Å². The van der Waals surface area contributed by atoms with Crippen LogP contribution in [0, 0.1) is 5.92 Å². The van der Waals surface area contributed by atoms with Gasteiger partial charge in [-0.2, -0.15) is 0 Å². The number of nitrogens with one attached hydrogen (secondary N) is 1. The number of anilines is 1. The fraction of sp³-hybridized carbons (Fsp3) is 0.500. The number of carboxylic acid groups (broad SMARTS) is 1. The van der Waals surface area contributed by atoms with E-state index in [1.54, 1.807) is 18.6 Å². The van der Waals surface area contributed by atoms with Gasteiger partial charge in [-0.05, 0) is 12.3 Å². The molecule has 0 radical (unpaired) electrons. The average Bonchev–Trinajstić information content (AvgIpc) is 2.76. The maximum atomic E-state index is 10.7. The molecule has 1 fully saturated rings. The van der Waals surface area contributed by atoms with Crippen molar-refractivity contribution in [1.29, 1.82) is 0 Å². The number of nitrogens with zero attached hydrogens (tertiary/aromatic N) is 3. The van der Waals surface area contributed by atoms with Crippen molar-refractivity contribution >= 4 is 11.9 Å². The molecular weight excluding hydrogens is 208 g/mol. The minimum Gasteiger partial charge on any atom is -0.465 e. The Balaban J connectivity index is 1.78. The van der Waals surface area contributed by atoms with Gasteiger partial charge in [0.05, 0.1) is 6.20 Å². The Kier molecular flexibility index (Phi) is 3.19. The summed E-state index contributed by atoms with van der Waals surface area (Å²) >= 11 is 0. The SMILES string of the molecule is O=C(O)N1CC[C@@H](CNc2cnccn2)C1. The summed E-state index contributed by atoms with van der Waals surface area (Å²) in [6.07, 6.45) is 4.97. The van der Waals surface area contributed by atoms with Gasteiger partial charge >= 0.3 is 6.09 Å². The molecule has 6 heteroatoms. The fourth-order valence-corrected chi connectivity index (χ4v) is 1.81. The second-order valence-electron chi connectivity index (χ2n) is 3.85. The molecule has 0 aromatic carbocycles. The van der Waals surface area contributed by atoms with Crippen LogP contribution in [0.25, 0.3) is 0 Å². The fourth-order valence-electron chi connectivity index (χ4n) is 1.81. The van der Waals surface area contributed by atoms with Crippen LogP contribution in [0.5, 0.6) is 0 Å². The molecule has 16 heavy (non-hydrogen) atoms. The number of hydrogen-bond acceptors (Lipinski definition) is 4. The molecule has 1 aromatic heterocycles. The van der Waals surface area contributed by atoms with Crippen molar-refractivity contribution in [3.8, 4) is 0 Å². The number of likely N-dealkylation sites (tertiary alicyclic amines) is 1. The van der Waals surface area contributed by atoms with Crippen molar-refractivity contribution in [2.75, 3.05) is 25.0 Å². The molecule has 1 atom stereocenters. The van der Waals surface area contributed by atoms with E-state index in [4.69, 9.17) is 5.11 Å². The van der Waals surface area contributed by atoms with Crippen LogP contribution in [0.4, 0.5) is 10.6 Å². The predicted octanol–water partition coefficient (Wildman–Crippen LogP) is 0.888. The van der Waals surface area contributed by atoms with Crippen LogP contribution in [0.1, 0.15) is 6.42 Å². The van der Waals surface area contributed by atoms with Gasteiger partial charge < -0.3 is 15.3 Å². The third-order valence-corrected chi connectivity index (χ3v) is 2.69. The van der Waals surface area contributed by atoms with Crippen LogP contribution < -0.4 is 5.32 Å². The lowest BCUT2D eigenvalue weighted by Gasteiger charge is -2.12. The van der Waals surface area contributed by atoms with Crippen molar-refractivity contribution in [1.82, 2.24) is 14.9 Å². The van der Waals surface area contributed by atoms with Crippen LogP contribution in [-0.2, 0) is 0 Å². The van der Waals surface area contributed by atoms with Crippen molar-refractivity contribution in [3.63, 3.8) is 0 Å². The van der Waals surface area contributed by atoms with E-state index in [9.17, 15) is 4.79 Å². The highest BCUT2D eigenvalue weighted by Crippen LogP contribution is 2.16. The van der Waals surface area contributed by atoms with E-state index in [2.05, 4.69) is 15.3 Å². The average molecular weight is 222 g/mol. The van der Waals surface area contributed by atoms with E-state index < -0.39 is 6.09 Å². The lowest BCUT2D eigenvalue weighted by molar-refractivity contribution is 0.154. The Labute approximate surface area is 93.3 Å². The van der Waals surface area contributed by atoms with Gasteiger partial charge in [-0.3, -0.25) is 4.98 Å². The van der Waals surface area contributed by atoms with Crippen LogP contribution in [0.2, 0.25) is 0 Å². The second-order valence-corrected chi connectivity index (χ2v) is 3.85. The number of rotatable bonds is 3. The summed E-state index contributed by atoms with van der Waals surface area (Å²) in [5.41, 5.74) is 0. The molecule has 1 aliphatic rings. The predicted molar refractivity (Wildman–Crippen MR) is 58.2 cm³/mol. The van der Waals surface area contributed by atoms with Gasteiger partial charge in [0.1, 0.15) is 5.82 Å². The van der Waals surface area contributed by atoms with Crippen LogP contribution in [-0.4, -0.2) is 45.7 Å². The van der Waals surface area contributed by atoms with Crippen molar-refractivity contribution in [2.45, 2.75) is 6.42 Å². The molecular formula is C10H14N4O2. The van der Waals surface area contributed by atoms with Crippen molar-refractivity contribution in [2.24, 2.45) is 5.92 Å². The van der Waals surface area contributed by atoms with E-state index >= 15 is 0 Å². The van der Waals surface area contributed by atoms with Crippen LogP contribution in [0.3, 0.4) is 0 Å². The van der Waals surface area contributed by atoms with E-state index in [1.807, 2.05) is 0 Å². The molecule has 0 spiro atoms. The first-order valence-corrected chi connectivity index (χ1v) is 5.23. The Morgan fingerprint density at radius 1 is 1.62 bits per heavy atom. The van der Waals surface area contributed by atoms with E-state index in [0.29, 0.717) is 19.0 Å². The van der Waals surface area contributed by atoms with Gasteiger partial charge in [-0.1, -0.05) is 0 Å². The monoisotopic (exact) mass is 222 g/mol. The summed E-state index contributed by atoms with van der Waals surface area (Å²) in [5.74, 6) is 1.09. The molecule has 86 valence electrons. The molecule has 0 saturated carbocycles. The minimum absolute atomic E-state index is 0.359. The largest absolute Gasteiger partial charge is 0.465 e. The molecule has 1 saturated heterocycles. The number of aromatic nitrogens is 2. The summed E-state index contributed by atoms with van der Waals surface area (Å²) < 4.78 is 0. The van der Waals surface area contributed by atoms with Gasteiger partial charge in [0.2, 0.25) is 0 Å². The zero-order valence-electron chi connectivity index (χ0n) is 8.83.